The van der Waals surface area contributed by atoms with Crippen molar-refractivity contribution in [1.29, 1.82) is 0 Å². The Hall–Kier alpha value is -0.120. The summed E-state index contributed by atoms with van der Waals surface area (Å²) in [5.41, 5.74) is 0.758. The average molecular weight is 337 g/mol. The third-order valence-electron chi connectivity index (χ3n) is 9.30. The second-order valence-corrected chi connectivity index (χ2v) is 10.2. The van der Waals surface area contributed by atoms with Crippen molar-refractivity contribution in [1.82, 2.24) is 0 Å². The lowest BCUT2D eigenvalue weighted by Crippen LogP contribution is -2.53. The summed E-state index contributed by atoms with van der Waals surface area (Å²) in [7, 11) is 0. The van der Waals surface area contributed by atoms with Crippen LogP contribution < -0.4 is 0 Å². The molecular formula is C21H36O3. The predicted molar refractivity (Wildman–Crippen MR) is 93.8 cm³/mol. The summed E-state index contributed by atoms with van der Waals surface area (Å²) in [6, 6.07) is 0. The topological polar surface area (TPSA) is 60.7 Å². The van der Waals surface area contributed by atoms with E-state index < -0.39 is 5.97 Å². The van der Waals surface area contributed by atoms with Gasteiger partial charge in [-0.25, -0.2) is 0 Å². The normalized spacial score (nSPS) is 51.6. The van der Waals surface area contributed by atoms with Gasteiger partial charge in [-0.15, -0.1) is 0 Å². The minimum atomic E-state index is -2.49. The van der Waals surface area contributed by atoms with E-state index in [0.29, 0.717) is 5.41 Å². The summed E-state index contributed by atoms with van der Waals surface area (Å²) in [4.78, 5) is 0. The second-order valence-electron chi connectivity index (χ2n) is 10.2. The Morgan fingerprint density at radius 3 is 2.29 bits per heavy atom. The van der Waals surface area contributed by atoms with Crippen molar-refractivity contribution in [3.8, 4) is 0 Å². The van der Waals surface area contributed by atoms with Crippen molar-refractivity contribution >= 4 is 0 Å². The van der Waals surface area contributed by atoms with Gasteiger partial charge in [-0.3, -0.25) is 0 Å². The fourth-order valence-corrected chi connectivity index (χ4v) is 8.07. The first-order valence-corrected chi connectivity index (χ1v) is 10.4. The Balaban J connectivity index is 1.57. The number of rotatable bonds is 2. The van der Waals surface area contributed by atoms with Crippen LogP contribution in [0.1, 0.15) is 84.5 Å². The number of aliphatic hydroxyl groups is 3. The zero-order chi connectivity index (χ0) is 17.2. The molecule has 0 aromatic heterocycles. The van der Waals surface area contributed by atoms with Crippen LogP contribution in [0.5, 0.6) is 0 Å². The molecule has 24 heavy (non-hydrogen) atoms. The van der Waals surface area contributed by atoms with Gasteiger partial charge in [0, 0.05) is 6.42 Å². The molecule has 0 saturated heterocycles. The number of hydrogen-bond donors (Lipinski definition) is 3. The van der Waals surface area contributed by atoms with Crippen LogP contribution in [0.2, 0.25) is 0 Å². The highest BCUT2D eigenvalue weighted by atomic mass is 16.7. The highest BCUT2D eigenvalue weighted by Gasteiger charge is 2.60. The van der Waals surface area contributed by atoms with Gasteiger partial charge in [-0.1, -0.05) is 26.7 Å². The summed E-state index contributed by atoms with van der Waals surface area (Å²) in [6.45, 7) is 4.98. The van der Waals surface area contributed by atoms with Gasteiger partial charge >= 0.3 is 0 Å². The van der Waals surface area contributed by atoms with E-state index in [0.717, 1.165) is 30.1 Å². The molecule has 0 spiro atoms. The molecule has 3 N–H and O–H groups in total. The first kappa shape index (κ1) is 17.3. The van der Waals surface area contributed by atoms with Crippen LogP contribution in [-0.4, -0.2) is 21.3 Å². The molecule has 0 heterocycles. The Morgan fingerprint density at radius 2 is 1.54 bits per heavy atom. The van der Waals surface area contributed by atoms with Crippen molar-refractivity contribution < 1.29 is 15.3 Å². The summed E-state index contributed by atoms with van der Waals surface area (Å²) in [5.74, 6) is 1.15. The zero-order valence-corrected chi connectivity index (χ0v) is 15.5. The molecule has 3 nitrogen and oxygen atoms in total. The van der Waals surface area contributed by atoms with Crippen LogP contribution in [-0.2, 0) is 0 Å². The second kappa shape index (κ2) is 5.69. The van der Waals surface area contributed by atoms with Gasteiger partial charge < -0.3 is 15.3 Å². The molecule has 4 aliphatic rings. The third-order valence-corrected chi connectivity index (χ3v) is 9.30. The van der Waals surface area contributed by atoms with E-state index in [9.17, 15) is 15.3 Å². The van der Waals surface area contributed by atoms with Crippen molar-refractivity contribution in [2.45, 2.75) is 90.4 Å². The molecule has 1 unspecified atom stereocenters. The SMILES string of the molecule is C[C@]12CC[C@H]3[C@@H](CCC4CCCC[C@@]43C)[C@@H]1CC[C@H]2CC(O)(O)O. The maximum Gasteiger partial charge on any atom is 0.275 e. The van der Waals surface area contributed by atoms with E-state index in [2.05, 4.69) is 13.8 Å². The highest BCUT2D eigenvalue weighted by Crippen LogP contribution is 2.67. The van der Waals surface area contributed by atoms with Crippen LogP contribution in [0.15, 0.2) is 0 Å². The molecule has 0 radical (unpaired) electrons. The Bertz CT molecular complexity index is 484. The van der Waals surface area contributed by atoms with Crippen LogP contribution in [0.25, 0.3) is 0 Å². The van der Waals surface area contributed by atoms with Gasteiger partial charge in [0.1, 0.15) is 0 Å². The minimum Gasteiger partial charge on any atom is -0.344 e. The first-order chi connectivity index (χ1) is 11.2. The molecule has 4 aliphatic carbocycles. The van der Waals surface area contributed by atoms with E-state index in [1.165, 1.54) is 57.8 Å². The average Bonchev–Trinajstić information content (AvgIpc) is 2.82. The molecule has 0 aromatic carbocycles. The fourth-order valence-electron chi connectivity index (χ4n) is 8.07. The Kier molecular flexibility index (Phi) is 4.10. The number of hydrogen-bond acceptors (Lipinski definition) is 3. The summed E-state index contributed by atoms with van der Waals surface area (Å²) in [5, 5.41) is 28.6. The molecule has 0 aliphatic heterocycles. The largest absolute Gasteiger partial charge is 0.344 e. The van der Waals surface area contributed by atoms with Gasteiger partial charge in [-0.2, -0.15) is 0 Å². The minimum absolute atomic E-state index is 0.122. The smallest absolute Gasteiger partial charge is 0.275 e. The van der Waals surface area contributed by atoms with Crippen LogP contribution >= 0.6 is 0 Å². The lowest BCUT2D eigenvalue weighted by atomic mass is 9.45. The molecule has 0 amide bonds. The van der Waals surface area contributed by atoms with E-state index in [-0.39, 0.29) is 17.8 Å². The van der Waals surface area contributed by atoms with Gasteiger partial charge in [0.15, 0.2) is 0 Å². The standard InChI is InChI=1S/C21H36O3/c1-19-11-4-3-5-14(19)6-8-16-17-9-7-15(13-21(22,23)24)20(17,2)12-10-18(16)19/h14-18,22-24H,3-13H2,1-2H3/t14?,15-,16-,17-,18-,19-,20+/m0/s1. The van der Waals surface area contributed by atoms with Crippen LogP contribution in [0, 0.1) is 40.4 Å². The molecule has 4 rings (SSSR count). The maximum atomic E-state index is 9.52. The molecule has 0 bridgehead atoms. The first-order valence-electron chi connectivity index (χ1n) is 10.4. The van der Waals surface area contributed by atoms with E-state index in [1.807, 2.05) is 0 Å². The summed E-state index contributed by atoms with van der Waals surface area (Å²) >= 11 is 0. The molecule has 138 valence electrons. The fraction of sp³-hybridized carbons (Fsp3) is 1.00. The summed E-state index contributed by atoms with van der Waals surface area (Å²) in [6.07, 6.45) is 13.5. The van der Waals surface area contributed by atoms with Gasteiger partial charge in [-0.05, 0) is 91.8 Å². The molecule has 0 aromatic rings. The van der Waals surface area contributed by atoms with E-state index >= 15 is 0 Å². The molecule has 3 heteroatoms. The van der Waals surface area contributed by atoms with Gasteiger partial charge in [0.05, 0.1) is 0 Å². The monoisotopic (exact) mass is 336 g/mol. The van der Waals surface area contributed by atoms with Crippen molar-refractivity contribution in [2.75, 3.05) is 0 Å². The Morgan fingerprint density at radius 1 is 0.792 bits per heavy atom. The van der Waals surface area contributed by atoms with Gasteiger partial charge in [0.2, 0.25) is 0 Å². The lowest BCUT2D eigenvalue weighted by Gasteiger charge is -2.60. The van der Waals surface area contributed by atoms with Crippen molar-refractivity contribution in [2.24, 2.45) is 40.4 Å². The van der Waals surface area contributed by atoms with Crippen LogP contribution in [0.4, 0.5) is 0 Å². The van der Waals surface area contributed by atoms with E-state index in [4.69, 9.17) is 0 Å². The summed E-state index contributed by atoms with van der Waals surface area (Å²) < 4.78 is 0. The predicted octanol–water partition coefficient (Wildman–Crippen LogP) is 4.06. The van der Waals surface area contributed by atoms with Crippen LogP contribution in [0.3, 0.4) is 0 Å². The molecule has 4 saturated carbocycles. The zero-order valence-electron chi connectivity index (χ0n) is 15.5. The molecule has 7 atom stereocenters. The van der Waals surface area contributed by atoms with Crippen molar-refractivity contribution in [3.05, 3.63) is 0 Å². The lowest BCUT2D eigenvalue weighted by molar-refractivity contribution is -0.323. The Labute approximate surface area is 146 Å². The van der Waals surface area contributed by atoms with Crippen molar-refractivity contribution in [3.63, 3.8) is 0 Å². The third kappa shape index (κ3) is 2.57. The van der Waals surface area contributed by atoms with E-state index in [1.54, 1.807) is 0 Å². The molecular weight excluding hydrogens is 300 g/mol. The molecule has 4 fully saturated rings. The maximum absolute atomic E-state index is 9.52. The number of fused-ring (bicyclic) bond motifs is 5. The highest BCUT2D eigenvalue weighted by molar-refractivity contribution is 5.08. The quantitative estimate of drug-likeness (QED) is 0.667. The van der Waals surface area contributed by atoms with Gasteiger partial charge in [0.25, 0.3) is 5.97 Å².